The highest BCUT2D eigenvalue weighted by atomic mass is 35.5. The quantitative estimate of drug-likeness (QED) is 0.514. The Kier molecular flexibility index (Phi) is 5.58. The second-order valence-corrected chi connectivity index (χ2v) is 9.05. The van der Waals surface area contributed by atoms with E-state index in [9.17, 15) is 13.9 Å². The maximum atomic E-state index is 16.1. The van der Waals surface area contributed by atoms with E-state index < -0.39 is 24.3 Å². The molecule has 1 aliphatic carbocycles. The standard InChI is InChI=1S/C23H22ClF3N4O3/c1-9-8-34-22-16-19(29-23(33-3)30-21(16)31(9)10(2)20(26)27)17(25)18(28-22)13-6-12(32)7-14(24)15(13)11-4-5-11/h6-7,9-11,20,32H,4-5,8H2,1-3H3/t9-,10?/m0/s1. The van der Waals surface area contributed by atoms with Crippen LogP contribution in [0.4, 0.5) is 19.0 Å². The fourth-order valence-corrected chi connectivity index (χ4v) is 4.82. The normalized spacial score (nSPS) is 18.7. The minimum absolute atomic E-state index is 0.0131. The van der Waals surface area contributed by atoms with E-state index in [4.69, 9.17) is 21.1 Å². The van der Waals surface area contributed by atoms with Crippen molar-refractivity contribution >= 4 is 28.3 Å². The number of phenols is 1. The number of rotatable bonds is 5. The van der Waals surface area contributed by atoms with Gasteiger partial charge in [-0.15, -0.1) is 0 Å². The van der Waals surface area contributed by atoms with Crippen LogP contribution in [0.3, 0.4) is 0 Å². The van der Waals surface area contributed by atoms with E-state index in [2.05, 4.69) is 15.0 Å². The van der Waals surface area contributed by atoms with Gasteiger partial charge in [0, 0.05) is 10.6 Å². The third-order valence-electron chi connectivity index (χ3n) is 6.23. The molecule has 2 atom stereocenters. The van der Waals surface area contributed by atoms with Crippen molar-refractivity contribution in [3.63, 3.8) is 0 Å². The number of nitrogens with zero attached hydrogens (tertiary/aromatic N) is 4. The highest BCUT2D eigenvalue weighted by Gasteiger charge is 2.37. The molecule has 34 heavy (non-hydrogen) atoms. The van der Waals surface area contributed by atoms with Crippen LogP contribution >= 0.6 is 11.6 Å². The largest absolute Gasteiger partial charge is 0.508 e. The molecule has 1 saturated carbocycles. The monoisotopic (exact) mass is 494 g/mol. The Morgan fingerprint density at radius 2 is 1.97 bits per heavy atom. The van der Waals surface area contributed by atoms with Crippen molar-refractivity contribution < 1.29 is 27.8 Å². The number of hydrogen-bond acceptors (Lipinski definition) is 7. The molecule has 3 heterocycles. The van der Waals surface area contributed by atoms with Gasteiger partial charge >= 0.3 is 6.01 Å². The molecule has 1 N–H and O–H groups in total. The zero-order valence-electron chi connectivity index (χ0n) is 18.6. The Balaban J connectivity index is 1.83. The maximum Gasteiger partial charge on any atom is 0.318 e. The van der Waals surface area contributed by atoms with Gasteiger partial charge in [0.25, 0.3) is 6.43 Å². The van der Waals surface area contributed by atoms with Gasteiger partial charge in [0.2, 0.25) is 5.88 Å². The molecule has 2 aromatic heterocycles. The molecular formula is C23H22ClF3N4O3. The Morgan fingerprint density at radius 1 is 1.24 bits per heavy atom. The fraction of sp³-hybridized carbons (Fsp3) is 0.435. The number of pyridine rings is 1. The first-order valence-corrected chi connectivity index (χ1v) is 11.3. The second kappa shape index (κ2) is 8.33. The average Bonchev–Trinajstić information content (AvgIpc) is 3.63. The number of ether oxygens (including phenoxy) is 2. The van der Waals surface area contributed by atoms with Gasteiger partial charge in [0.15, 0.2) is 5.82 Å². The van der Waals surface area contributed by atoms with Gasteiger partial charge in [-0.2, -0.15) is 9.97 Å². The summed E-state index contributed by atoms with van der Waals surface area (Å²) in [6.45, 7) is 3.09. The van der Waals surface area contributed by atoms with E-state index >= 15 is 4.39 Å². The molecule has 1 unspecified atom stereocenters. The molecule has 0 bridgehead atoms. The number of benzene rings is 1. The van der Waals surface area contributed by atoms with E-state index in [0.717, 1.165) is 12.8 Å². The van der Waals surface area contributed by atoms with Crippen LogP contribution in [0.2, 0.25) is 5.02 Å². The van der Waals surface area contributed by atoms with E-state index in [1.54, 1.807) is 6.92 Å². The molecule has 11 heteroatoms. The number of methoxy groups -OCH3 is 1. The molecule has 0 saturated heterocycles. The van der Waals surface area contributed by atoms with Crippen LogP contribution in [0, 0.1) is 5.82 Å². The lowest BCUT2D eigenvalue weighted by atomic mass is 9.98. The molecule has 3 aromatic rings. The summed E-state index contributed by atoms with van der Waals surface area (Å²) in [6, 6.07) is 0.887. The molecular weight excluding hydrogens is 473 g/mol. The van der Waals surface area contributed by atoms with Crippen molar-refractivity contribution in [3.05, 3.63) is 28.5 Å². The van der Waals surface area contributed by atoms with Gasteiger partial charge in [-0.1, -0.05) is 11.6 Å². The molecule has 1 aliphatic heterocycles. The topological polar surface area (TPSA) is 80.6 Å². The minimum Gasteiger partial charge on any atom is -0.508 e. The van der Waals surface area contributed by atoms with Gasteiger partial charge < -0.3 is 19.5 Å². The number of anilines is 1. The summed E-state index contributed by atoms with van der Waals surface area (Å²) in [5.74, 6) is -0.751. The van der Waals surface area contributed by atoms with Gasteiger partial charge in [-0.25, -0.2) is 18.2 Å². The lowest BCUT2D eigenvalue weighted by Gasteiger charge is -2.33. The summed E-state index contributed by atoms with van der Waals surface area (Å²) < 4.78 is 54.6. The van der Waals surface area contributed by atoms with Crippen LogP contribution in [0.5, 0.6) is 17.6 Å². The second-order valence-electron chi connectivity index (χ2n) is 8.64. The van der Waals surface area contributed by atoms with Crippen LogP contribution in [0.15, 0.2) is 12.1 Å². The number of halogens is 4. The van der Waals surface area contributed by atoms with E-state index in [1.165, 1.54) is 31.1 Å². The van der Waals surface area contributed by atoms with Crippen LogP contribution in [-0.2, 0) is 0 Å². The SMILES string of the molecule is COc1nc2c3c(nc(-c4cc(O)cc(Cl)c4C4CC4)c(F)c3n1)OC[C@H](C)N2C(C)C(F)F. The van der Waals surface area contributed by atoms with Crippen molar-refractivity contribution in [2.24, 2.45) is 0 Å². The van der Waals surface area contributed by atoms with Crippen molar-refractivity contribution in [2.75, 3.05) is 18.6 Å². The minimum atomic E-state index is -2.69. The molecule has 5 rings (SSSR count). The van der Waals surface area contributed by atoms with Crippen molar-refractivity contribution in [3.8, 4) is 28.9 Å². The third kappa shape index (κ3) is 3.64. The van der Waals surface area contributed by atoms with Crippen LogP contribution in [-0.4, -0.2) is 52.3 Å². The number of alkyl halides is 2. The number of aromatic hydroxyl groups is 1. The first kappa shape index (κ1) is 22.8. The molecule has 0 amide bonds. The summed E-state index contributed by atoms with van der Waals surface area (Å²) in [7, 11) is 1.31. The number of hydrogen-bond donors (Lipinski definition) is 1. The molecule has 0 spiro atoms. The average molecular weight is 495 g/mol. The zero-order valence-corrected chi connectivity index (χ0v) is 19.4. The highest BCUT2D eigenvalue weighted by Crippen LogP contribution is 2.50. The summed E-state index contributed by atoms with van der Waals surface area (Å²) in [5, 5.41) is 10.6. The van der Waals surface area contributed by atoms with Gasteiger partial charge in [-0.05, 0) is 50.3 Å². The first-order chi connectivity index (χ1) is 16.2. The number of phenolic OH excluding ortho intramolecular Hbond substituents is 1. The lowest BCUT2D eigenvalue weighted by Crippen LogP contribution is -2.46. The van der Waals surface area contributed by atoms with Gasteiger partial charge in [-0.3, -0.25) is 0 Å². The van der Waals surface area contributed by atoms with Crippen LogP contribution < -0.4 is 14.4 Å². The van der Waals surface area contributed by atoms with Crippen molar-refractivity contribution in [1.29, 1.82) is 0 Å². The predicted octanol–water partition coefficient (Wildman–Crippen LogP) is 5.32. The first-order valence-electron chi connectivity index (χ1n) is 10.9. The Labute approximate surface area is 198 Å². The summed E-state index contributed by atoms with van der Waals surface area (Å²) >= 11 is 6.41. The predicted molar refractivity (Wildman–Crippen MR) is 121 cm³/mol. The van der Waals surface area contributed by atoms with Gasteiger partial charge in [0.1, 0.15) is 34.8 Å². The molecule has 1 fully saturated rings. The Morgan fingerprint density at radius 3 is 2.62 bits per heavy atom. The number of aromatic nitrogens is 3. The van der Waals surface area contributed by atoms with Crippen LogP contribution in [0.1, 0.15) is 38.2 Å². The Bertz CT molecular complexity index is 1290. The van der Waals surface area contributed by atoms with E-state index in [0.29, 0.717) is 16.1 Å². The maximum absolute atomic E-state index is 16.1. The fourth-order valence-electron chi connectivity index (χ4n) is 4.46. The van der Waals surface area contributed by atoms with Gasteiger partial charge in [0.05, 0.1) is 19.2 Å². The smallest absolute Gasteiger partial charge is 0.318 e. The van der Waals surface area contributed by atoms with Crippen molar-refractivity contribution in [2.45, 2.75) is 51.1 Å². The van der Waals surface area contributed by atoms with E-state index in [1.807, 2.05) is 0 Å². The molecule has 1 aromatic carbocycles. The summed E-state index contributed by atoms with van der Waals surface area (Å²) in [6.07, 6.45) is -0.921. The molecule has 7 nitrogen and oxygen atoms in total. The summed E-state index contributed by atoms with van der Waals surface area (Å²) in [4.78, 5) is 14.3. The highest BCUT2D eigenvalue weighted by molar-refractivity contribution is 6.32. The molecule has 180 valence electrons. The summed E-state index contributed by atoms with van der Waals surface area (Å²) in [5.41, 5.74) is 0.745. The molecule has 2 aliphatic rings. The van der Waals surface area contributed by atoms with Crippen molar-refractivity contribution in [1.82, 2.24) is 15.0 Å². The third-order valence-corrected chi connectivity index (χ3v) is 6.55. The Hall–Kier alpha value is -3.01. The lowest BCUT2D eigenvalue weighted by molar-refractivity contribution is 0.112. The zero-order chi connectivity index (χ0) is 24.3. The van der Waals surface area contributed by atoms with E-state index in [-0.39, 0.29) is 52.6 Å². The van der Waals surface area contributed by atoms with Crippen LogP contribution in [0.25, 0.3) is 22.2 Å². The molecule has 0 radical (unpaired) electrons.